The monoisotopic (exact) mass is 197 g/mol. The molecule has 1 aromatic rings. The summed E-state index contributed by atoms with van der Waals surface area (Å²) in [4.78, 5) is 12.1. The molecule has 3 nitrogen and oxygen atoms in total. The molecule has 10 heavy (non-hydrogen) atoms. The third-order valence-corrected chi connectivity index (χ3v) is 1.94. The second kappa shape index (κ2) is 2.12. The highest BCUT2D eigenvalue weighted by atomic mass is 79.9. The van der Waals surface area contributed by atoms with Crippen molar-refractivity contribution >= 4 is 27.8 Å². The van der Waals surface area contributed by atoms with Crippen LogP contribution in [0.4, 0.5) is 5.69 Å². The van der Waals surface area contributed by atoms with E-state index in [0.29, 0.717) is 0 Å². The molecule has 0 unspecified atom stereocenters. The highest BCUT2D eigenvalue weighted by molar-refractivity contribution is 9.10. The first-order valence-electron chi connectivity index (χ1n) is 2.90. The second-order valence-corrected chi connectivity index (χ2v) is 2.73. The van der Waals surface area contributed by atoms with Gasteiger partial charge in [0.25, 0.3) is 0 Å². The van der Waals surface area contributed by atoms with Crippen LogP contribution < -0.4 is 0 Å². The maximum atomic E-state index is 4.10. The van der Waals surface area contributed by atoms with Crippen LogP contribution in [0.15, 0.2) is 15.9 Å². The lowest BCUT2D eigenvalue weighted by molar-refractivity contribution is 1.07. The first kappa shape index (κ1) is 5.97. The molecule has 0 saturated heterocycles. The van der Waals surface area contributed by atoms with Gasteiger partial charge in [-0.2, -0.15) is 0 Å². The average molecular weight is 198 g/mol. The molecule has 0 radical (unpaired) electrons. The summed E-state index contributed by atoms with van der Waals surface area (Å²) < 4.78 is 0.784. The molecule has 0 aliphatic carbocycles. The van der Waals surface area contributed by atoms with Crippen LogP contribution in [0.3, 0.4) is 0 Å². The quantitative estimate of drug-likeness (QED) is 0.592. The maximum absolute atomic E-state index is 4.10. The molecule has 2 rings (SSSR count). The summed E-state index contributed by atoms with van der Waals surface area (Å²) >= 11 is 3.28. The Kier molecular flexibility index (Phi) is 1.27. The summed E-state index contributed by atoms with van der Waals surface area (Å²) in [5.74, 6) is 0. The zero-order valence-corrected chi connectivity index (χ0v) is 6.67. The van der Waals surface area contributed by atoms with Crippen molar-refractivity contribution in [3.63, 3.8) is 0 Å². The van der Waals surface area contributed by atoms with Gasteiger partial charge in [-0.3, -0.25) is 4.99 Å². The van der Waals surface area contributed by atoms with E-state index >= 15 is 0 Å². The van der Waals surface area contributed by atoms with Crippen molar-refractivity contribution in [3.8, 4) is 0 Å². The van der Waals surface area contributed by atoms with E-state index in [2.05, 4.69) is 30.9 Å². The van der Waals surface area contributed by atoms with E-state index in [4.69, 9.17) is 0 Å². The summed E-state index contributed by atoms with van der Waals surface area (Å²) in [7, 11) is 0. The fraction of sp³-hybridized carbons (Fsp3) is 0.167. The first-order valence-corrected chi connectivity index (χ1v) is 3.69. The number of rotatable bonds is 0. The number of nitrogens with zero attached hydrogens (tertiary/aromatic N) is 3. The number of hydrogen-bond acceptors (Lipinski definition) is 3. The molecule has 1 aromatic heterocycles. The third kappa shape index (κ3) is 0.759. The highest BCUT2D eigenvalue weighted by Crippen LogP contribution is 2.28. The minimum absolute atomic E-state index is 0.784. The fourth-order valence-electron chi connectivity index (χ4n) is 0.891. The molecule has 0 bridgehead atoms. The molecule has 0 N–H and O–H groups in total. The Morgan fingerprint density at radius 2 is 2.30 bits per heavy atom. The summed E-state index contributed by atoms with van der Waals surface area (Å²) in [6.45, 7) is 0. The van der Waals surface area contributed by atoms with Gasteiger partial charge in [-0.15, -0.1) is 0 Å². The molecular formula is C6H4BrN3. The van der Waals surface area contributed by atoms with Crippen LogP contribution in [0.5, 0.6) is 0 Å². The van der Waals surface area contributed by atoms with Gasteiger partial charge in [0.2, 0.25) is 0 Å². The summed E-state index contributed by atoms with van der Waals surface area (Å²) in [6.07, 6.45) is 4.21. The van der Waals surface area contributed by atoms with Crippen molar-refractivity contribution in [3.05, 3.63) is 16.6 Å². The SMILES string of the molecule is Brc1ncnc2c1N=CC2. The predicted molar refractivity (Wildman–Crippen MR) is 41.6 cm³/mol. The van der Waals surface area contributed by atoms with Crippen molar-refractivity contribution in [2.24, 2.45) is 4.99 Å². The second-order valence-electron chi connectivity index (χ2n) is 1.98. The van der Waals surface area contributed by atoms with Gasteiger partial charge in [0.05, 0.1) is 5.69 Å². The topological polar surface area (TPSA) is 38.1 Å². The Hall–Kier alpha value is -0.770. The predicted octanol–water partition coefficient (Wildman–Crippen LogP) is 1.50. The summed E-state index contributed by atoms with van der Waals surface area (Å²) in [5.41, 5.74) is 1.88. The Morgan fingerprint density at radius 3 is 3.10 bits per heavy atom. The molecule has 0 amide bonds. The average Bonchev–Trinajstić information content (AvgIpc) is 2.36. The van der Waals surface area contributed by atoms with Crippen LogP contribution in [-0.2, 0) is 6.42 Å². The molecule has 1 aliphatic rings. The van der Waals surface area contributed by atoms with Crippen LogP contribution in [-0.4, -0.2) is 16.2 Å². The minimum atomic E-state index is 0.784. The number of aliphatic imine (C=N–C) groups is 1. The van der Waals surface area contributed by atoms with Gasteiger partial charge in [0.1, 0.15) is 16.6 Å². The van der Waals surface area contributed by atoms with Crippen LogP contribution >= 0.6 is 15.9 Å². The molecule has 50 valence electrons. The van der Waals surface area contributed by atoms with Crippen molar-refractivity contribution in [2.75, 3.05) is 0 Å². The van der Waals surface area contributed by atoms with Gasteiger partial charge in [-0.05, 0) is 15.9 Å². The van der Waals surface area contributed by atoms with Gasteiger partial charge < -0.3 is 0 Å². The highest BCUT2D eigenvalue weighted by Gasteiger charge is 2.10. The van der Waals surface area contributed by atoms with E-state index in [0.717, 1.165) is 22.4 Å². The summed E-state index contributed by atoms with van der Waals surface area (Å²) in [6, 6.07) is 0. The largest absolute Gasteiger partial charge is 0.256 e. The first-order chi connectivity index (χ1) is 4.88. The van der Waals surface area contributed by atoms with Crippen molar-refractivity contribution in [2.45, 2.75) is 6.42 Å². The summed E-state index contributed by atoms with van der Waals surface area (Å²) in [5, 5.41) is 0. The van der Waals surface area contributed by atoms with Crippen LogP contribution in [0.2, 0.25) is 0 Å². The van der Waals surface area contributed by atoms with Gasteiger partial charge in [-0.25, -0.2) is 9.97 Å². The number of fused-ring (bicyclic) bond motifs is 1. The molecule has 0 spiro atoms. The smallest absolute Gasteiger partial charge is 0.135 e. The Bertz CT molecular complexity index is 295. The zero-order chi connectivity index (χ0) is 6.97. The molecular weight excluding hydrogens is 194 g/mol. The minimum Gasteiger partial charge on any atom is -0.256 e. The van der Waals surface area contributed by atoms with Crippen molar-refractivity contribution < 1.29 is 0 Å². The molecule has 0 saturated carbocycles. The van der Waals surface area contributed by atoms with Crippen molar-refractivity contribution in [1.82, 2.24) is 9.97 Å². The molecule has 2 heterocycles. The van der Waals surface area contributed by atoms with Crippen LogP contribution in [0.1, 0.15) is 5.69 Å². The van der Waals surface area contributed by atoms with E-state index in [-0.39, 0.29) is 0 Å². The number of halogens is 1. The molecule has 0 atom stereocenters. The lowest BCUT2D eigenvalue weighted by Crippen LogP contribution is -1.86. The van der Waals surface area contributed by atoms with E-state index in [9.17, 15) is 0 Å². The molecule has 4 heteroatoms. The lowest BCUT2D eigenvalue weighted by Gasteiger charge is -1.94. The Labute approximate surface area is 66.4 Å². The van der Waals surface area contributed by atoms with E-state index in [1.807, 2.05) is 6.21 Å². The standard InChI is InChI=1S/C6H4BrN3/c7-6-5-4(1-2-8-5)9-3-10-6/h2-3H,1H2. The normalized spacial score (nSPS) is 13.7. The van der Waals surface area contributed by atoms with Gasteiger partial charge in [0.15, 0.2) is 0 Å². The van der Waals surface area contributed by atoms with Gasteiger partial charge in [0, 0.05) is 12.6 Å². The number of hydrogen-bond donors (Lipinski definition) is 0. The van der Waals surface area contributed by atoms with Crippen LogP contribution in [0.25, 0.3) is 0 Å². The van der Waals surface area contributed by atoms with E-state index < -0.39 is 0 Å². The fourth-order valence-corrected chi connectivity index (χ4v) is 1.31. The van der Waals surface area contributed by atoms with Crippen LogP contribution in [0, 0.1) is 0 Å². The van der Waals surface area contributed by atoms with E-state index in [1.54, 1.807) is 0 Å². The van der Waals surface area contributed by atoms with Gasteiger partial charge >= 0.3 is 0 Å². The van der Waals surface area contributed by atoms with Gasteiger partial charge in [-0.1, -0.05) is 0 Å². The van der Waals surface area contributed by atoms with Crippen molar-refractivity contribution in [1.29, 1.82) is 0 Å². The Balaban J connectivity index is 2.67. The molecule has 0 aromatic carbocycles. The number of aromatic nitrogens is 2. The third-order valence-electron chi connectivity index (χ3n) is 1.36. The van der Waals surface area contributed by atoms with E-state index in [1.165, 1.54) is 6.33 Å². The lowest BCUT2D eigenvalue weighted by atomic mass is 10.3. The molecule has 0 fully saturated rings. The maximum Gasteiger partial charge on any atom is 0.135 e. The zero-order valence-electron chi connectivity index (χ0n) is 5.08. The molecule has 1 aliphatic heterocycles. The Morgan fingerprint density at radius 1 is 1.40 bits per heavy atom.